The molecule has 4 heteroatoms. The molecule has 3 N–H and O–H groups in total. The van der Waals surface area contributed by atoms with E-state index in [0.29, 0.717) is 6.54 Å². The Bertz CT molecular complexity index is 419. The molecule has 2 heterocycles. The number of hydrogen-bond acceptors (Lipinski definition) is 3. The van der Waals surface area contributed by atoms with E-state index < -0.39 is 0 Å². The zero-order valence-electron chi connectivity index (χ0n) is 7.99. The van der Waals surface area contributed by atoms with Gasteiger partial charge in [0.15, 0.2) is 0 Å². The molecule has 0 aromatic carbocycles. The molecular formula is C10H12N4. The van der Waals surface area contributed by atoms with E-state index in [1.807, 2.05) is 19.1 Å². The van der Waals surface area contributed by atoms with Crippen LogP contribution in [0, 0.1) is 6.92 Å². The third kappa shape index (κ3) is 1.52. The maximum absolute atomic E-state index is 5.50. The molecule has 0 aliphatic heterocycles. The van der Waals surface area contributed by atoms with Crippen LogP contribution in [0.4, 0.5) is 0 Å². The van der Waals surface area contributed by atoms with E-state index in [9.17, 15) is 0 Å². The average Bonchev–Trinajstić information content (AvgIpc) is 2.61. The highest BCUT2D eigenvalue weighted by molar-refractivity contribution is 5.60. The molecule has 0 spiro atoms. The minimum Gasteiger partial charge on any atom is -0.344 e. The lowest BCUT2D eigenvalue weighted by Gasteiger charge is -1.95. The number of nitrogens with two attached hydrogens (primary N) is 1. The van der Waals surface area contributed by atoms with Crippen molar-refractivity contribution in [3.63, 3.8) is 0 Å². The summed E-state index contributed by atoms with van der Waals surface area (Å²) in [6.07, 6.45) is 3.54. The van der Waals surface area contributed by atoms with Gasteiger partial charge in [-0.1, -0.05) is 0 Å². The van der Waals surface area contributed by atoms with Crippen molar-refractivity contribution in [1.29, 1.82) is 0 Å². The number of nitrogens with zero attached hydrogens (tertiary/aromatic N) is 2. The van der Waals surface area contributed by atoms with Crippen LogP contribution in [0.2, 0.25) is 0 Å². The van der Waals surface area contributed by atoms with Crippen LogP contribution in [-0.4, -0.2) is 15.0 Å². The van der Waals surface area contributed by atoms with Crippen molar-refractivity contribution in [3.05, 3.63) is 36.0 Å². The van der Waals surface area contributed by atoms with Gasteiger partial charge in [-0.15, -0.1) is 0 Å². The fourth-order valence-corrected chi connectivity index (χ4v) is 1.40. The number of aromatic nitrogens is 3. The molecular weight excluding hydrogens is 176 g/mol. The van der Waals surface area contributed by atoms with Crippen LogP contribution in [0.5, 0.6) is 0 Å². The van der Waals surface area contributed by atoms with Crippen LogP contribution in [0.3, 0.4) is 0 Å². The van der Waals surface area contributed by atoms with Crippen molar-refractivity contribution in [2.24, 2.45) is 5.73 Å². The summed E-state index contributed by atoms with van der Waals surface area (Å²) < 4.78 is 0. The SMILES string of the molecule is Cc1[nH]c(CN)nc1-c1cccnc1. The molecule has 0 saturated heterocycles. The first kappa shape index (κ1) is 8.90. The quantitative estimate of drug-likeness (QED) is 0.745. The van der Waals surface area contributed by atoms with Crippen molar-refractivity contribution in [1.82, 2.24) is 15.0 Å². The molecule has 4 nitrogen and oxygen atoms in total. The zero-order chi connectivity index (χ0) is 9.97. The number of aryl methyl sites for hydroxylation is 1. The van der Waals surface area contributed by atoms with Crippen LogP contribution in [0.25, 0.3) is 11.3 Å². The topological polar surface area (TPSA) is 67.6 Å². The van der Waals surface area contributed by atoms with Crippen LogP contribution in [0.15, 0.2) is 24.5 Å². The summed E-state index contributed by atoms with van der Waals surface area (Å²) in [4.78, 5) is 11.6. The van der Waals surface area contributed by atoms with E-state index in [4.69, 9.17) is 5.73 Å². The van der Waals surface area contributed by atoms with Gasteiger partial charge in [0.05, 0.1) is 12.2 Å². The number of imidazole rings is 1. The van der Waals surface area contributed by atoms with E-state index >= 15 is 0 Å². The fourth-order valence-electron chi connectivity index (χ4n) is 1.40. The van der Waals surface area contributed by atoms with Gasteiger partial charge in [0, 0.05) is 23.7 Å². The fraction of sp³-hybridized carbons (Fsp3) is 0.200. The van der Waals surface area contributed by atoms with Gasteiger partial charge < -0.3 is 10.7 Å². The summed E-state index contributed by atoms with van der Waals surface area (Å²) in [6, 6.07) is 3.88. The second-order valence-corrected chi connectivity index (χ2v) is 3.10. The first-order chi connectivity index (χ1) is 6.81. The Morgan fingerprint density at radius 1 is 1.50 bits per heavy atom. The average molecular weight is 188 g/mol. The van der Waals surface area contributed by atoms with Crippen molar-refractivity contribution >= 4 is 0 Å². The number of rotatable bonds is 2. The van der Waals surface area contributed by atoms with E-state index in [-0.39, 0.29) is 0 Å². The lowest BCUT2D eigenvalue weighted by molar-refractivity contribution is 0.944. The Morgan fingerprint density at radius 3 is 2.93 bits per heavy atom. The van der Waals surface area contributed by atoms with Crippen molar-refractivity contribution in [2.75, 3.05) is 0 Å². The molecule has 2 aromatic heterocycles. The molecule has 0 bridgehead atoms. The Morgan fingerprint density at radius 2 is 2.36 bits per heavy atom. The highest BCUT2D eigenvalue weighted by atomic mass is 15.0. The van der Waals surface area contributed by atoms with Crippen LogP contribution >= 0.6 is 0 Å². The summed E-state index contributed by atoms with van der Waals surface area (Å²) in [5, 5.41) is 0. The summed E-state index contributed by atoms with van der Waals surface area (Å²) in [7, 11) is 0. The lowest BCUT2D eigenvalue weighted by atomic mass is 10.2. The Balaban J connectivity index is 2.46. The molecule has 72 valence electrons. The molecule has 0 atom stereocenters. The second-order valence-electron chi connectivity index (χ2n) is 3.10. The highest BCUT2D eigenvalue weighted by Crippen LogP contribution is 2.19. The molecule has 2 aromatic rings. The van der Waals surface area contributed by atoms with Gasteiger partial charge in [-0.05, 0) is 19.1 Å². The van der Waals surface area contributed by atoms with Gasteiger partial charge in [0.2, 0.25) is 0 Å². The Kier molecular flexibility index (Phi) is 2.28. The number of aromatic amines is 1. The molecule has 0 amide bonds. The molecule has 0 saturated carbocycles. The monoisotopic (exact) mass is 188 g/mol. The maximum atomic E-state index is 5.50. The van der Waals surface area contributed by atoms with Crippen molar-refractivity contribution in [3.8, 4) is 11.3 Å². The zero-order valence-corrected chi connectivity index (χ0v) is 7.99. The van der Waals surface area contributed by atoms with Gasteiger partial charge in [0.1, 0.15) is 5.82 Å². The third-order valence-corrected chi connectivity index (χ3v) is 2.06. The molecule has 0 unspecified atom stereocenters. The number of H-pyrrole nitrogens is 1. The molecule has 0 aliphatic carbocycles. The second kappa shape index (κ2) is 3.59. The van der Waals surface area contributed by atoms with Crippen LogP contribution in [0.1, 0.15) is 11.5 Å². The normalized spacial score (nSPS) is 10.4. The van der Waals surface area contributed by atoms with Crippen molar-refractivity contribution < 1.29 is 0 Å². The first-order valence-electron chi connectivity index (χ1n) is 4.47. The van der Waals surface area contributed by atoms with Gasteiger partial charge in [-0.25, -0.2) is 4.98 Å². The largest absolute Gasteiger partial charge is 0.344 e. The number of hydrogen-bond donors (Lipinski definition) is 2. The van der Waals surface area contributed by atoms with Gasteiger partial charge in [-0.2, -0.15) is 0 Å². The summed E-state index contributed by atoms with van der Waals surface area (Å²) in [5.41, 5.74) is 8.47. The minimum atomic E-state index is 0.432. The first-order valence-corrected chi connectivity index (χ1v) is 4.47. The van der Waals surface area contributed by atoms with E-state index in [2.05, 4.69) is 15.0 Å². The predicted molar refractivity (Wildman–Crippen MR) is 54.4 cm³/mol. The van der Waals surface area contributed by atoms with E-state index in [1.54, 1.807) is 12.4 Å². The molecule has 14 heavy (non-hydrogen) atoms. The molecule has 0 fully saturated rings. The predicted octanol–water partition coefficient (Wildman–Crippen LogP) is 1.24. The van der Waals surface area contributed by atoms with Crippen LogP contribution < -0.4 is 5.73 Å². The van der Waals surface area contributed by atoms with Crippen molar-refractivity contribution in [2.45, 2.75) is 13.5 Å². The number of nitrogens with one attached hydrogen (secondary N) is 1. The minimum absolute atomic E-state index is 0.432. The Hall–Kier alpha value is -1.68. The molecule has 0 radical (unpaired) electrons. The van der Waals surface area contributed by atoms with E-state index in [0.717, 1.165) is 22.8 Å². The lowest BCUT2D eigenvalue weighted by Crippen LogP contribution is -1.97. The van der Waals surface area contributed by atoms with Gasteiger partial charge >= 0.3 is 0 Å². The Labute approximate surface area is 82.2 Å². The van der Waals surface area contributed by atoms with Gasteiger partial charge in [-0.3, -0.25) is 4.98 Å². The summed E-state index contributed by atoms with van der Waals surface area (Å²) in [5.74, 6) is 0.807. The smallest absolute Gasteiger partial charge is 0.120 e. The summed E-state index contributed by atoms with van der Waals surface area (Å²) in [6.45, 7) is 2.41. The molecule has 0 aliphatic rings. The van der Waals surface area contributed by atoms with Gasteiger partial charge in [0.25, 0.3) is 0 Å². The maximum Gasteiger partial charge on any atom is 0.120 e. The third-order valence-electron chi connectivity index (χ3n) is 2.06. The van der Waals surface area contributed by atoms with Crippen LogP contribution in [-0.2, 0) is 6.54 Å². The molecule has 2 rings (SSSR count). The summed E-state index contributed by atoms with van der Waals surface area (Å²) >= 11 is 0. The highest BCUT2D eigenvalue weighted by Gasteiger charge is 2.07. The standard InChI is InChI=1S/C10H12N4/c1-7-10(14-9(5-11)13-7)8-3-2-4-12-6-8/h2-4,6H,5,11H2,1H3,(H,13,14). The number of pyridine rings is 1. The van der Waals surface area contributed by atoms with E-state index in [1.165, 1.54) is 0 Å².